The maximum Gasteiger partial charge on any atom is 0.232 e. The number of anilines is 6. The molecule has 0 spiro atoms. The lowest BCUT2D eigenvalue weighted by atomic mass is 10.3. The summed E-state index contributed by atoms with van der Waals surface area (Å²) in [5, 5.41) is 20.5. The van der Waals surface area contributed by atoms with E-state index in [4.69, 9.17) is 33.5 Å². The van der Waals surface area contributed by atoms with Gasteiger partial charge in [-0.2, -0.15) is 30.5 Å². The molecule has 2 heterocycles. The van der Waals surface area contributed by atoms with Crippen LogP contribution in [0.5, 0.6) is 0 Å². The minimum atomic E-state index is -0.136. The summed E-state index contributed by atoms with van der Waals surface area (Å²) in [5.74, 6) is -0.503. The van der Waals surface area contributed by atoms with E-state index in [1.807, 2.05) is 6.07 Å². The zero-order chi connectivity index (χ0) is 15.6. The number of hydrogen-bond donors (Lipinski definition) is 5. The molecule has 0 aliphatic carbocycles. The molecule has 0 unspecified atom stereocenters. The summed E-state index contributed by atoms with van der Waals surface area (Å²) >= 11 is 0. The molecular formula is C10H9N11. The molecule has 9 N–H and O–H groups in total. The lowest BCUT2D eigenvalue weighted by Gasteiger charge is -2.09. The average Bonchev–Trinajstić information content (AvgIpc) is 2.37. The van der Waals surface area contributed by atoms with Gasteiger partial charge in [0, 0.05) is 0 Å². The standard InChI is InChI=1S/C10H9N11/c11-1-3-5(13)18-10(19-6(3)14)21-8-4(2-12)7(15)17-9(16)20-8/h(H9,13,14,15,16,17,18,19,20,21). The number of hydrogen-bond acceptors (Lipinski definition) is 11. The average molecular weight is 283 g/mol. The molecule has 0 aliphatic rings. The fourth-order valence-corrected chi connectivity index (χ4v) is 1.47. The van der Waals surface area contributed by atoms with Gasteiger partial charge >= 0.3 is 0 Å². The van der Waals surface area contributed by atoms with Crippen molar-refractivity contribution in [1.82, 2.24) is 19.9 Å². The molecule has 104 valence electrons. The Bertz CT molecular complexity index is 775. The second kappa shape index (κ2) is 5.02. The monoisotopic (exact) mass is 283 g/mol. The summed E-state index contributed by atoms with van der Waals surface area (Å²) in [6.07, 6.45) is 0. The summed E-state index contributed by atoms with van der Waals surface area (Å²) in [4.78, 5) is 15.2. The van der Waals surface area contributed by atoms with Crippen molar-refractivity contribution in [3.63, 3.8) is 0 Å². The van der Waals surface area contributed by atoms with Crippen LogP contribution in [0.25, 0.3) is 0 Å². The first-order valence-corrected chi connectivity index (χ1v) is 5.39. The summed E-state index contributed by atoms with van der Waals surface area (Å²) in [6.45, 7) is 0. The third-order valence-electron chi connectivity index (χ3n) is 2.37. The first kappa shape index (κ1) is 13.6. The van der Waals surface area contributed by atoms with Crippen molar-refractivity contribution in [3.05, 3.63) is 11.1 Å². The van der Waals surface area contributed by atoms with E-state index in [1.165, 1.54) is 0 Å². The van der Waals surface area contributed by atoms with Crippen LogP contribution in [0.4, 0.5) is 35.2 Å². The molecule has 2 aromatic rings. The van der Waals surface area contributed by atoms with Gasteiger partial charge in [0.2, 0.25) is 11.9 Å². The Labute approximate surface area is 118 Å². The van der Waals surface area contributed by atoms with Crippen LogP contribution >= 0.6 is 0 Å². The first-order valence-electron chi connectivity index (χ1n) is 5.39. The Morgan fingerprint density at radius 2 is 1.29 bits per heavy atom. The number of nitriles is 2. The van der Waals surface area contributed by atoms with Crippen molar-refractivity contribution in [2.24, 2.45) is 0 Å². The molecule has 11 heteroatoms. The van der Waals surface area contributed by atoms with Crippen molar-refractivity contribution >= 4 is 35.2 Å². The maximum absolute atomic E-state index is 9.04. The fraction of sp³-hybridized carbons (Fsp3) is 0. The molecule has 0 fully saturated rings. The van der Waals surface area contributed by atoms with Crippen LogP contribution in [-0.4, -0.2) is 19.9 Å². The molecular weight excluding hydrogens is 274 g/mol. The zero-order valence-electron chi connectivity index (χ0n) is 10.5. The minimum Gasteiger partial charge on any atom is -0.382 e. The van der Waals surface area contributed by atoms with Gasteiger partial charge in [-0.1, -0.05) is 0 Å². The van der Waals surface area contributed by atoms with Crippen LogP contribution in [0.2, 0.25) is 0 Å². The molecule has 0 aromatic carbocycles. The van der Waals surface area contributed by atoms with Crippen LogP contribution in [0.3, 0.4) is 0 Å². The van der Waals surface area contributed by atoms with Gasteiger partial charge in [-0.25, -0.2) is 0 Å². The lowest BCUT2D eigenvalue weighted by Crippen LogP contribution is -2.11. The van der Waals surface area contributed by atoms with E-state index in [0.29, 0.717) is 0 Å². The summed E-state index contributed by atoms with van der Waals surface area (Å²) in [6, 6.07) is 3.60. The predicted molar refractivity (Wildman–Crippen MR) is 74.4 cm³/mol. The molecule has 2 rings (SSSR count). The molecule has 0 bridgehead atoms. The highest BCUT2D eigenvalue weighted by Gasteiger charge is 2.15. The van der Waals surface area contributed by atoms with E-state index in [9.17, 15) is 0 Å². The highest BCUT2D eigenvalue weighted by Crippen LogP contribution is 2.23. The van der Waals surface area contributed by atoms with E-state index >= 15 is 0 Å². The van der Waals surface area contributed by atoms with Gasteiger partial charge in [0.15, 0.2) is 5.82 Å². The van der Waals surface area contributed by atoms with E-state index < -0.39 is 0 Å². The van der Waals surface area contributed by atoms with Gasteiger partial charge in [0.05, 0.1) is 0 Å². The molecule has 11 nitrogen and oxygen atoms in total. The number of nitrogens with zero attached hydrogens (tertiary/aromatic N) is 6. The Hall–Kier alpha value is -3.86. The number of rotatable bonds is 2. The molecule has 0 saturated heterocycles. The van der Waals surface area contributed by atoms with Gasteiger partial charge in [-0.15, -0.1) is 0 Å². The molecule has 0 saturated carbocycles. The number of aromatic nitrogens is 4. The Balaban J connectivity index is 2.49. The van der Waals surface area contributed by atoms with Gasteiger partial charge in [-0.05, 0) is 0 Å². The smallest absolute Gasteiger partial charge is 0.232 e. The quantitative estimate of drug-likeness (QED) is 0.454. The summed E-state index contributed by atoms with van der Waals surface area (Å²) in [5.41, 5.74) is 22.1. The molecule has 0 aliphatic heterocycles. The van der Waals surface area contributed by atoms with Crippen molar-refractivity contribution in [2.45, 2.75) is 0 Å². The first-order chi connectivity index (χ1) is 9.96. The third-order valence-corrected chi connectivity index (χ3v) is 2.37. The van der Waals surface area contributed by atoms with E-state index in [2.05, 4.69) is 25.3 Å². The van der Waals surface area contributed by atoms with Crippen LogP contribution in [0.15, 0.2) is 0 Å². The Morgan fingerprint density at radius 1 is 0.762 bits per heavy atom. The summed E-state index contributed by atoms with van der Waals surface area (Å²) < 4.78 is 0. The highest BCUT2D eigenvalue weighted by atomic mass is 15.2. The molecule has 2 aromatic heterocycles. The number of nitrogens with two attached hydrogens (primary N) is 4. The molecule has 0 radical (unpaired) electrons. The minimum absolute atomic E-state index is 0.00556. The van der Waals surface area contributed by atoms with Crippen molar-refractivity contribution in [2.75, 3.05) is 28.3 Å². The topological polar surface area (TPSA) is 215 Å². The predicted octanol–water partition coefficient (Wildman–Crippen LogP) is -0.918. The molecule has 21 heavy (non-hydrogen) atoms. The van der Waals surface area contributed by atoms with Crippen molar-refractivity contribution in [1.29, 1.82) is 10.5 Å². The maximum atomic E-state index is 9.04. The second-order valence-electron chi connectivity index (χ2n) is 3.73. The SMILES string of the molecule is N#Cc1c(N)nc(Nc2nc(N)nc(N)c2C#N)nc1N. The van der Waals surface area contributed by atoms with Crippen molar-refractivity contribution < 1.29 is 0 Å². The fourth-order valence-electron chi connectivity index (χ4n) is 1.47. The van der Waals surface area contributed by atoms with Gasteiger partial charge < -0.3 is 28.3 Å². The van der Waals surface area contributed by atoms with Crippen LogP contribution in [0.1, 0.15) is 11.1 Å². The lowest BCUT2D eigenvalue weighted by molar-refractivity contribution is 1.13. The van der Waals surface area contributed by atoms with Gasteiger partial charge in [0.1, 0.15) is 40.7 Å². The zero-order valence-corrected chi connectivity index (χ0v) is 10.5. The van der Waals surface area contributed by atoms with E-state index in [-0.39, 0.29) is 46.3 Å². The highest BCUT2D eigenvalue weighted by molar-refractivity contribution is 5.70. The number of nitrogens with one attached hydrogen (secondary N) is 1. The van der Waals surface area contributed by atoms with Gasteiger partial charge in [-0.3, -0.25) is 0 Å². The van der Waals surface area contributed by atoms with Crippen LogP contribution in [0, 0.1) is 22.7 Å². The third kappa shape index (κ3) is 2.47. The van der Waals surface area contributed by atoms with Gasteiger partial charge in [0.25, 0.3) is 0 Å². The molecule has 0 atom stereocenters. The summed E-state index contributed by atoms with van der Waals surface area (Å²) in [7, 11) is 0. The Morgan fingerprint density at radius 3 is 1.81 bits per heavy atom. The number of nitrogen functional groups attached to an aromatic ring is 4. The van der Waals surface area contributed by atoms with Crippen molar-refractivity contribution in [3.8, 4) is 12.1 Å². The van der Waals surface area contributed by atoms with E-state index in [1.54, 1.807) is 6.07 Å². The second-order valence-corrected chi connectivity index (χ2v) is 3.73. The molecule has 0 amide bonds. The Kier molecular flexibility index (Phi) is 3.25. The van der Waals surface area contributed by atoms with E-state index in [0.717, 1.165) is 0 Å². The largest absolute Gasteiger partial charge is 0.382 e. The van der Waals surface area contributed by atoms with Crippen LogP contribution in [-0.2, 0) is 0 Å². The van der Waals surface area contributed by atoms with Crippen LogP contribution < -0.4 is 28.3 Å². The normalized spacial score (nSPS) is 9.62.